The molecule has 1 fully saturated rings. The molecular weight excluding hydrogens is 326 g/mol. The third-order valence-electron chi connectivity index (χ3n) is 5.68. The highest BCUT2D eigenvalue weighted by Gasteiger charge is 2.25. The van der Waals surface area contributed by atoms with Crippen LogP contribution in [-0.4, -0.2) is 50.7 Å². The fraction of sp³-hybridized carbons (Fsp3) is 0.474. The Bertz CT molecular complexity index is 969. The van der Waals surface area contributed by atoms with Crippen molar-refractivity contribution in [3.05, 3.63) is 41.1 Å². The average Bonchev–Trinajstić information content (AvgIpc) is 3.26. The molecule has 2 aliphatic rings. The molecule has 0 saturated carbocycles. The number of aryl methyl sites for hydroxylation is 3. The lowest BCUT2D eigenvalue weighted by Gasteiger charge is -2.36. The van der Waals surface area contributed by atoms with Crippen molar-refractivity contribution in [2.45, 2.75) is 33.1 Å². The van der Waals surface area contributed by atoms with E-state index >= 15 is 0 Å². The van der Waals surface area contributed by atoms with E-state index in [1.54, 1.807) is 6.33 Å². The molecule has 1 aliphatic heterocycles. The molecule has 0 N–H and O–H groups in total. The van der Waals surface area contributed by atoms with Gasteiger partial charge in [-0.2, -0.15) is 0 Å². The second-order valence-electron chi connectivity index (χ2n) is 7.19. The van der Waals surface area contributed by atoms with Crippen molar-refractivity contribution < 1.29 is 0 Å². The van der Waals surface area contributed by atoms with Crippen molar-refractivity contribution in [3.8, 4) is 0 Å². The maximum atomic E-state index is 4.81. The van der Waals surface area contributed by atoms with Crippen LogP contribution in [0.1, 0.15) is 29.1 Å². The summed E-state index contributed by atoms with van der Waals surface area (Å²) in [4.78, 5) is 18.4. The minimum Gasteiger partial charge on any atom is -0.353 e. The molecule has 26 heavy (non-hydrogen) atoms. The van der Waals surface area contributed by atoms with E-state index < -0.39 is 0 Å². The lowest BCUT2D eigenvalue weighted by Crippen LogP contribution is -2.47. The first kappa shape index (κ1) is 15.5. The zero-order valence-electron chi connectivity index (χ0n) is 15.3. The van der Waals surface area contributed by atoms with Gasteiger partial charge in [-0.05, 0) is 45.2 Å². The highest BCUT2D eigenvalue weighted by molar-refractivity contribution is 5.53. The van der Waals surface area contributed by atoms with Gasteiger partial charge in [0, 0.05) is 37.4 Å². The molecule has 134 valence electrons. The Morgan fingerprint density at radius 3 is 2.58 bits per heavy atom. The van der Waals surface area contributed by atoms with Gasteiger partial charge in [0.1, 0.15) is 18.0 Å². The van der Waals surface area contributed by atoms with Crippen molar-refractivity contribution in [1.82, 2.24) is 24.6 Å². The smallest absolute Gasteiger partial charge is 0.154 e. The topological polar surface area (TPSA) is 62.5 Å². The molecule has 1 saturated heterocycles. The Hall–Kier alpha value is -2.70. The average molecular weight is 349 g/mol. The number of hydrogen-bond donors (Lipinski definition) is 0. The Labute approximate surface area is 152 Å². The number of anilines is 2. The van der Waals surface area contributed by atoms with Crippen LogP contribution < -0.4 is 9.80 Å². The maximum absolute atomic E-state index is 4.81. The van der Waals surface area contributed by atoms with E-state index in [0.717, 1.165) is 67.7 Å². The number of piperazine rings is 1. The zero-order valence-corrected chi connectivity index (χ0v) is 15.3. The summed E-state index contributed by atoms with van der Waals surface area (Å²) in [5.74, 6) is 2.17. The summed E-state index contributed by atoms with van der Waals surface area (Å²) in [5.41, 5.74) is 5.67. The summed E-state index contributed by atoms with van der Waals surface area (Å²) < 4.78 is 1.95. The molecule has 0 amide bonds. The summed E-state index contributed by atoms with van der Waals surface area (Å²) in [6.45, 7) is 7.92. The molecule has 1 aliphatic carbocycles. The molecule has 0 spiro atoms. The quantitative estimate of drug-likeness (QED) is 0.705. The van der Waals surface area contributed by atoms with Crippen LogP contribution in [0.4, 0.5) is 11.6 Å². The van der Waals surface area contributed by atoms with E-state index in [1.807, 2.05) is 11.4 Å². The second-order valence-corrected chi connectivity index (χ2v) is 7.19. The Kier molecular flexibility index (Phi) is 3.55. The predicted molar refractivity (Wildman–Crippen MR) is 101 cm³/mol. The van der Waals surface area contributed by atoms with Crippen molar-refractivity contribution in [2.24, 2.45) is 0 Å². The number of nitrogens with zero attached hydrogens (tertiary/aromatic N) is 7. The van der Waals surface area contributed by atoms with Crippen LogP contribution >= 0.6 is 0 Å². The fourth-order valence-electron chi connectivity index (χ4n) is 4.07. The van der Waals surface area contributed by atoms with Crippen molar-refractivity contribution in [1.29, 1.82) is 0 Å². The van der Waals surface area contributed by atoms with E-state index in [1.165, 1.54) is 17.7 Å². The predicted octanol–water partition coefficient (Wildman–Crippen LogP) is 1.95. The van der Waals surface area contributed by atoms with E-state index in [9.17, 15) is 0 Å². The molecule has 0 radical (unpaired) electrons. The normalized spacial score (nSPS) is 17.2. The highest BCUT2D eigenvalue weighted by Crippen LogP contribution is 2.29. The monoisotopic (exact) mass is 349 g/mol. The molecule has 7 nitrogen and oxygen atoms in total. The summed E-state index contributed by atoms with van der Waals surface area (Å²) in [7, 11) is 0. The van der Waals surface area contributed by atoms with Crippen LogP contribution in [0.2, 0.25) is 0 Å². The second kappa shape index (κ2) is 5.93. The number of aromatic nitrogens is 5. The first-order chi connectivity index (χ1) is 12.7. The van der Waals surface area contributed by atoms with Gasteiger partial charge in [0.15, 0.2) is 5.65 Å². The van der Waals surface area contributed by atoms with Gasteiger partial charge in [-0.3, -0.25) is 0 Å². The Balaban J connectivity index is 1.36. The molecule has 0 unspecified atom stereocenters. The van der Waals surface area contributed by atoms with Crippen molar-refractivity contribution in [2.75, 3.05) is 36.0 Å². The first-order valence-corrected chi connectivity index (χ1v) is 9.36. The summed E-state index contributed by atoms with van der Waals surface area (Å²) in [6.07, 6.45) is 5.14. The van der Waals surface area contributed by atoms with Crippen LogP contribution in [-0.2, 0) is 12.8 Å². The van der Waals surface area contributed by atoms with E-state index in [-0.39, 0.29) is 0 Å². The number of fused-ring (bicyclic) bond motifs is 2. The molecule has 3 aromatic rings. The van der Waals surface area contributed by atoms with Crippen LogP contribution in [0, 0.1) is 13.8 Å². The molecule has 0 atom stereocenters. The van der Waals surface area contributed by atoms with Crippen LogP contribution in [0.25, 0.3) is 5.65 Å². The third kappa shape index (κ3) is 2.41. The van der Waals surface area contributed by atoms with Crippen LogP contribution in [0.15, 0.2) is 18.5 Å². The summed E-state index contributed by atoms with van der Waals surface area (Å²) in [5, 5.41) is 4.81. The van der Waals surface area contributed by atoms with Gasteiger partial charge < -0.3 is 9.80 Å². The first-order valence-electron chi connectivity index (χ1n) is 9.36. The fourth-order valence-corrected chi connectivity index (χ4v) is 4.07. The van der Waals surface area contributed by atoms with Gasteiger partial charge >= 0.3 is 0 Å². The van der Waals surface area contributed by atoms with Gasteiger partial charge in [0.05, 0.1) is 11.4 Å². The number of hydrogen-bond acceptors (Lipinski definition) is 6. The van der Waals surface area contributed by atoms with Crippen molar-refractivity contribution >= 4 is 17.3 Å². The minimum atomic E-state index is 0.916. The highest BCUT2D eigenvalue weighted by atomic mass is 15.4. The van der Waals surface area contributed by atoms with Gasteiger partial charge in [-0.25, -0.2) is 19.5 Å². The molecule has 3 aromatic heterocycles. The van der Waals surface area contributed by atoms with Gasteiger partial charge in [-0.1, -0.05) is 0 Å². The maximum Gasteiger partial charge on any atom is 0.154 e. The summed E-state index contributed by atoms with van der Waals surface area (Å²) in [6, 6.07) is 4.14. The van der Waals surface area contributed by atoms with Crippen molar-refractivity contribution in [3.63, 3.8) is 0 Å². The third-order valence-corrected chi connectivity index (χ3v) is 5.68. The van der Waals surface area contributed by atoms with Gasteiger partial charge in [0.2, 0.25) is 0 Å². The standard InChI is InChI=1S/C19H23N7/c1-13-14(2)26-17(22-13)6-7-18(23-26)24-8-10-25(11-9-24)19-15-4-3-5-16(15)20-12-21-19/h6-7,12H,3-5,8-11H2,1-2H3. The Morgan fingerprint density at radius 2 is 1.73 bits per heavy atom. The number of imidazole rings is 1. The van der Waals surface area contributed by atoms with Gasteiger partial charge in [-0.15, -0.1) is 5.10 Å². The lowest BCUT2D eigenvalue weighted by atomic mass is 10.2. The molecule has 0 aromatic carbocycles. The molecule has 0 bridgehead atoms. The van der Waals surface area contributed by atoms with Crippen LogP contribution in [0.3, 0.4) is 0 Å². The molecule has 5 rings (SSSR count). The Morgan fingerprint density at radius 1 is 0.923 bits per heavy atom. The lowest BCUT2D eigenvalue weighted by molar-refractivity contribution is 0.632. The van der Waals surface area contributed by atoms with E-state index in [0.29, 0.717) is 0 Å². The largest absolute Gasteiger partial charge is 0.353 e. The number of rotatable bonds is 2. The van der Waals surface area contributed by atoms with E-state index in [4.69, 9.17) is 5.10 Å². The molecule has 7 heteroatoms. The summed E-state index contributed by atoms with van der Waals surface area (Å²) >= 11 is 0. The molecule has 4 heterocycles. The van der Waals surface area contributed by atoms with E-state index in [2.05, 4.69) is 43.8 Å². The van der Waals surface area contributed by atoms with Gasteiger partial charge in [0.25, 0.3) is 0 Å². The zero-order chi connectivity index (χ0) is 17.7. The SMILES string of the molecule is Cc1nc2ccc(N3CCN(c4ncnc5c4CCC5)CC3)nn2c1C. The van der Waals surface area contributed by atoms with Crippen LogP contribution in [0.5, 0.6) is 0 Å². The minimum absolute atomic E-state index is 0.916. The molecular formula is C19H23N7.